The number of hydrogen-bond acceptors (Lipinski definition) is 7. The first-order chi connectivity index (χ1) is 15.3. The summed E-state index contributed by atoms with van der Waals surface area (Å²) in [6.45, 7) is 3.32. The molecule has 0 saturated heterocycles. The summed E-state index contributed by atoms with van der Waals surface area (Å²) in [5, 5.41) is 15.6. The maximum atomic E-state index is 12.7. The number of hydrogen-bond donors (Lipinski definition) is 4. The highest BCUT2D eigenvalue weighted by Crippen LogP contribution is 2.37. The van der Waals surface area contributed by atoms with Crippen LogP contribution in [0.2, 0.25) is 0 Å². The van der Waals surface area contributed by atoms with Crippen LogP contribution in [0.5, 0.6) is 11.5 Å². The lowest BCUT2D eigenvalue weighted by atomic mass is 10.1. The number of ether oxygens (including phenoxy) is 1. The fourth-order valence-electron chi connectivity index (χ4n) is 2.42. The SMILES string of the molecule is CC(C)C(=O)Nc1cc(OC(=O)N(C)C)cc(NC(=O)c2ccc(NS(C)(=O)=O)cc2)c1O. The van der Waals surface area contributed by atoms with Crippen LogP contribution in [-0.4, -0.2) is 56.7 Å². The molecule has 0 aliphatic rings. The normalized spacial score (nSPS) is 11.0. The fourth-order valence-corrected chi connectivity index (χ4v) is 2.99. The van der Waals surface area contributed by atoms with E-state index in [1.165, 1.54) is 55.4 Å². The van der Waals surface area contributed by atoms with Crippen molar-refractivity contribution in [3.8, 4) is 11.5 Å². The van der Waals surface area contributed by atoms with Crippen LogP contribution in [0, 0.1) is 5.92 Å². The lowest BCUT2D eigenvalue weighted by Gasteiger charge is -2.17. The van der Waals surface area contributed by atoms with E-state index >= 15 is 0 Å². The number of phenols is 1. The zero-order valence-corrected chi connectivity index (χ0v) is 19.6. The molecule has 0 heterocycles. The average molecular weight is 479 g/mol. The van der Waals surface area contributed by atoms with Crippen molar-refractivity contribution in [2.24, 2.45) is 5.92 Å². The summed E-state index contributed by atoms with van der Waals surface area (Å²) >= 11 is 0. The Morgan fingerprint density at radius 1 is 1.00 bits per heavy atom. The molecule has 4 N–H and O–H groups in total. The first-order valence-electron chi connectivity index (χ1n) is 9.73. The second-order valence-electron chi connectivity index (χ2n) is 7.68. The smallest absolute Gasteiger partial charge is 0.414 e. The number of phenolic OH excluding ortho intramolecular Hbond substituents is 1. The maximum absolute atomic E-state index is 12.7. The minimum absolute atomic E-state index is 0.0199. The monoisotopic (exact) mass is 478 g/mol. The van der Waals surface area contributed by atoms with Crippen LogP contribution < -0.4 is 20.1 Å². The van der Waals surface area contributed by atoms with Crippen molar-refractivity contribution in [2.45, 2.75) is 13.8 Å². The molecule has 178 valence electrons. The third-order valence-electron chi connectivity index (χ3n) is 4.13. The molecular formula is C21H26N4O7S. The van der Waals surface area contributed by atoms with Crippen LogP contribution in [0.4, 0.5) is 21.9 Å². The Morgan fingerprint density at radius 2 is 1.55 bits per heavy atom. The number of carbonyl (C=O) groups excluding carboxylic acids is 3. The summed E-state index contributed by atoms with van der Waals surface area (Å²) in [7, 11) is -0.507. The molecule has 0 bridgehead atoms. The number of nitrogens with zero attached hydrogens (tertiary/aromatic N) is 1. The number of aromatic hydroxyl groups is 1. The predicted molar refractivity (Wildman–Crippen MR) is 124 cm³/mol. The number of amides is 3. The van der Waals surface area contributed by atoms with Crippen LogP contribution in [0.1, 0.15) is 24.2 Å². The highest BCUT2D eigenvalue weighted by Gasteiger charge is 2.19. The minimum Gasteiger partial charge on any atom is -0.504 e. The van der Waals surface area contributed by atoms with E-state index in [1.807, 2.05) is 0 Å². The summed E-state index contributed by atoms with van der Waals surface area (Å²) in [5.74, 6) is -1.87. The number of benzene rings is 2. The van der Waals surface area contributed by atoms with Crippen molar-refractivity contribution in [2.75, 3.05) is 35.7 Å². The predicted octanol–water partition coefficient (Wildman–Crippen LogP) is 2.67. The fraction of sp³-hybridized carbons (Fsp3) is 0.286. The van der Waals surface area contributed by atoms with E-state index in [0.717, 1.165) is 6.26 Å². The molecule has 33 heavy (non-hydrogen) atoms. The molecule has 0 aliphatic carbocycles. The van der Waals surface area contributed by atoms with E-state index in [1.54, 1.807) is 13.8 Å². The zero-order valence-electron chi connectivity index (χ0n) is 18.8. The van der Waals surface area contributed by atoms with Gasteiger partial charge in [0.1, 0.15) is 5.75 Å². The molecule has 3 amide bonds. The van der Waals surface area contributed by atoms with Crippen molar-refractivity contribution < 1.29 is 32.6 Å². The Hall–Kier alpha value is -3.80. The molecule has 2 aromatic carbocycles. The summed E-state index contributed by atoms with van der Waals surface area (Å²) in [6.07, 6.45) is 0.301. The summed E-state index contributed by atoms with van der Waals surface area (Å²) in [6, 6.07) is 8.07. The first-order valence-corrected chi connectivity index (χ1v) is 11.6. The quantitative estimate of drug-likeness (QED) is 0.446. The Balaban J connectivity index is 2.35. The lowest BCUT2D eigenvalue weighted by molar-refractivity contribution is -0.118. The van der Waals surface area contributed by atoms with Gasteiger partial charge < -0.3 is 25.4 Å². The Bertz CT molecular complexity index is 1160. The molecule has 0 unspecified atom stereocenters. The second-order valence-corrected chi connectivity index (χ2v) is 9.43. The van der Waals surface area contributed by atoms with Gasteiger partial charge in [0.2, 0.25) is 15.9 Å². The molecule has 0 aromatic heterocycles. The lowest BCUT2D eigenvalue weighted by Crippen LogP contribution is -2.25. The number of carbonyl (C=O) groups is 3. The largest absolute Gasteiger partial charge is 0.504 e. The molecule has 0 fully saturated rings. The maximum Gasteiger partial charge on any atom is 0.414 e. The van der Waals surface area contributed by atoms with Gasteiger partial charge in [-0.25, -0.2) is 13.2 Å². The molecule has 2 rings (SSSR count). The molecule has 0 aliphatic heterocycles. The molecule has 11 nitrogen and oxygen atoms in total. The molecule has 0 radical (unpaired) electrons. The van der Waals surface area contributed by atoms with Crippen LogP contribution >= 0.6 is 0 Å². The van der Waals surface area contributed by atoms with Crippen molar-refractivity contribution in [1.82, 2.24) is 4.90 Å². The molecule has 0 saturated carbocycles. The molecule has 2 aromatic rings. The summed E-state index contributed by atoms with van der Waals surface area (Å²) < 4.78 is 30.1. The van der Waals surface area contributed by atoms with Gasteiger partial charge in [-0.15, -0.1) is 0 Å². The Morgan fingerprint density at radius 3 is 2.03 bits per heavy atom. The Labute approximate surface area is 191 Å². The van der Waals surface area contributed by atoms with Gasteiger partial charge in [-0.05, 0) is 24.3 Å². The first kappa shape index (κ1) is 25.5. The molecule has 0 spiro atoms. The van der Waals surface area contributed by atoms with Crippen molar-refractivity contribution >= 4 is 45.0 Å². The van der Waals surface area contributed by atoms with Crippen LogP contribution in [0.3, 0.4) is 0 Å². The van der Waals surface area contributed by atoms with E-state index in [4.69, 9.17) is 4.74 Å². The molecular weight excluding hydrogens is 452 g/mol. The van der Waals surface area contributed by atoms with Gasteiger partial charge in [0.15, 0.2) is 5.75 Å². The number of sulfonamides is 1. The highest BCUT2D eigenvalue weighted by molar-refractivity contribution is 7.92. The summed E-state index contributed by atoms with van der Waals surface area (Å²) in [5.41, 5.74) is 0.271. The standard InChI is InChI=1S/C21H26N4O7S/c1-12(2)19(27)22-16-10-15(32-21(29)25(3)4)11-17(18(16)26)23-20(28)13-6-8-14(9-7-13)24-33(5,30)31/h6-12,24,26H,1-5H3,(H,22,27)(H,23,28). The van der Waals surface area contributed by atoms with E-state index in [2.05, 4.69) is 15.4 Å². The number of rotatable bonds is 7. The van der Waals surface area contributed by atoms with E-state index in [-0.39, 0.29) is 28.4 Å². The van der Waals surface area contributed by atoms with Gasteiger partial charge in [0.25, 0.3) is 5.91 Å². The third-order valence-corrected chi connectivity index (χ3v) is 4.74. The second kappa shape index (κ2) is 10.2. The van der Waals surface area contributed by atoms with Crippen LogP contribution in [-0.2, 0) is 14.8 Å². The van der Waals surface area contributed by atoms with Crippen LogP contribution in [0.25, 0.3) is 0 Å². The van der Waals surface area contributed by atoms with E-state index < -0.39 is 39.6 Å². The van der Waals surface area contributed by atoms with Crippen molar-refractivity contribution in [1.29, 1.82) is 0 Å². The van der Waals surface area contributed by atoms with Crippen molar-refractivity contribution in [3.05, 3.63) is 42.0 Å². The average Bonchev–Trinajstić information content (AvgIpc) is 2.70. The van der Waals surface area contributed by atoms with Crippen molar-refractivity contribution in [3.63, 3.8) is 0 Å². The highest BCUT2D eigenvalue weighted by atomic mass is 32.2. The van der Waals surface area contributed by atoms with Gasteiger partial charge in [0, 0.05) is 43.4 Å². The minimum atomic E-state index is -3.47. The van der Waals surface area contributed by atoms with Gasteiger partial charge in [-0.2, -0.15) is 0 Å². The van der Waals surface area contributed by atoms with Gasteiger partial charge >= 0.3 is 6.09 Å². The zero-order chi connectivity index (χ0) is 24.9. The number of nitrogens with one attached hydrogen (secondary N) is 3. The van der Waals surface area contributed by atoms with Gasteiger partial charge in [0.05, 0.1) is 17.6 Å². The topological polar surface area (TPSA) is 154 Å². The Kier molecular flexibility index (Phi) is 7.88. The number of anilines is 3. The van der Waals surface area contributed by atoms with Gasteiger partial charge in [-0.1, -0.05) is 13.8 Å². The van der Waals surface area contributed by atoms with E-state index in [9.17, 15) is 27.9 Å². The third kappa shape index (κ3) is 7.38. The molecule has 12 heteroatoms. The van der Waals surface area contributed by atoms with Gasteiger partial charge in [-0.3, -0.25) is 14.3 Å². The molecule has 0 atom stereocenters. The van der Waals surface area contributed by atoms with E-state index in [0.29, 0.717) is 0 Å². The summed E-state index contributed by atoms with van der Waals surface area (Å²) in [4.78, 5) is 37.9. The van der Waals surface area contributed by atoms with Crippen LogP contribution in [0.15, 0.2) is 36.4 Å².